The molecule has 0 aromatic heterocycles. The van der Waals surface area contributed by atoms with Crippen LogP contribution in [0.5, 0.6) is 5.75 Å². The summed E-state index contributed by atoms with van der Waals surface area (Å²) in [4.78, 5) is 28.9. The molecule has 2 amide bonds. The van der Waals surface area contributed by atoms with E-state index in [1.54, 1.807) is 42.5 Å². The van der Waals surface area contributed by atoms with Crippen molar-refractivity contribution in [2.24, 2.45) is 0 Å². The van der Waals surface area contributed by atoms with E-state index in [1.165, 1.54) is 24.1 Å². The number of para-hydroxylation sites is 2. The summed E-state index contributed by atoms with van der Waals surface area (Å²) in [6.45, 7) is 6.01. The first-order valence-electron chi connectivity index (χ1n) is 13.6. The highest BCUT2D eigenvalue weighted by Gasteiger charge is 2.34. The van der Waals surface area contributed by atoms with Crippen LogP contribution < -0.4 is 14.4 Å². The second-order valence-corrected chi connectivity index (χ2v) is 11.4. The van der Waals surface area contributed by atoms with Crippen LogP contribution in [0.4, 0.5) is 5.69 Å². The Morgan fingerprint density at radius 2 is 1.57 bits per heavy atom. The number of hydrogen-bond donors (Lipinski definition) is 1. The van der Waals surface area contributed by atoms with Crippen molar-refractivity contribution in [2.75, 3.05) is 24.5 Å². The maximum atomic E-state index is 14.1. The van der Waals surface area contributed by atoms with Gasteiger partial charge >= 0.3 is 0 Å². The summed E-state index contributed by atoms with van der Waals surface area (Å²) < 4.78 is 34.4. The fourth-order valence-corrected chi connectivity index (χ4v) is 5.83. The zero-order chi connectivity index (χ0) is 29.1. The summed E-state index contributed by atoms with van der Waals surface area (Å²) in [5.74, 6) is -0.445. The summed E-state index contributed by atoms with van der Waals surface area (Å²) in [6.07, 6.45) is 2.12. The van der Waals surface area contributed by atoms with Crippen LogP contribution >= 0.6 is 0 Å². The maximum Gasteiger partial charge on any atom is 0.264 e. The van der Waals surface area contributed by atoms with Crippen LogP contribution in [0.1, 0.15) is 44.2 Å². The summed E-state index contributed by atoms with van der Waals surface area (Å²) in [5.41, 5.74) is 2.15. The van der Waals surface area contributed by atoms with E-state index in [1.807, 2.05) is 45.0 Å². The number of hydrogen-bond acceptors (Lipinski definition) is 5. The fourth-order valence-electron chi connectivity index (χ4n) is 4.38. The number of sulfonamides is 1. The molecule has 0 aliphatic heterocycles. The molecule has 0 fully saturated rings. The molecule has 8 nitrogen and oxygen atoms in total. The Balaban J connectivity index is 2.05. The number of benzene rings is 3. The first-order valence-corrected chi connectivity index (χ1v) is 15.0. The van der Waals surface area contributed by atoms with Crippen molar-refractivity contribution >= 4 is 27.5 Å². The minimum atomic E-state index is -4.16. The molecule has 9 heteroatoms. The zero-order valence-electron chi connectivity index (χ0n) is 23.7. The standard InChI is InChI=1S/C31H39N3O5S/c1-5-7-21-32-31(36)27(6-2)33(22-25-19-17-24(3)18-20-25)30(35)23-34(28-15-11-12-16-29(28)39-4)40(37,38)26-13-9-8-10-14-26/h8-20,27H,5-7,21-23H2,1-4H3,(H,32,36)/t27-/m1/s1. The molecule has 0 aliphatic carbocycles. The summed E-state index contributed by atoms with van der Waals surface area (Å²) in [5, 5.41) is 2.94. The largest absolute Gasteiger partial charge is 0.495 e. The quantitative estimate of drug-likeness (QED) is 0.280. The van der Waals surface area contributed by atoms with Crippen LogP contribution in [-0.4, -0.2) is 51.4 Å². The number of nitrogens with one attached hydrogen (secondary N) is 1. The van der Waals surface area contributed by atoms with Gasteiger partial charge in [-0.3, -0.25) is 13.9 Å². The van der Waals surface area contributed by atoms with Crippen molar-refractivity contribution in [1.82, 2.24) is 10.2 Å². The highest BCUT2D eigenvalue weighted by molar-refractivity contribution is 7.92. The second-order valence-electron chi connectivity index (χ2n) is 9.57. The number of ether oxygens (including phenoxy) is 1. The van der Waals surface area contributed by atoms with E-state index in [9.17, 15) is 18.0 Å². The van der Waals surface area contributed by atoms with Crippen molar-refractivity contribution in [1.29, 1.82) is 0 Å². The van der Waals surface area contributed by atoms with E-state index in [-0.39, 0.29) is 23.0 Å². The highest BCUT2D eigenvalue weighted by atomic mass is 32.2. The maximum absolute atomic E-state index is 14.1. The van der Waals surface area contributed by atoms with Gasteiger partial charge in [-0.1, -0.05) is 80.4 Å². The van der Waals surface area contributed by atoms with Gasteiger partial charge in [-0.15, -0.1) is 0 Å². The molecule has 0 spiro atoms. The Morgan fingerprint density at radius 3 is 2.20 bits per heavy atom. The van der Waals surface area contributed by atoms with Crippen LogP contribution in [0.25, 0.3) is 0 Å². The first-order chi connectivity index (χ1) is 19.2. The Kier molecular flexibility index (Phi) is 11.1. The monoisotopic (exact) mass is 565 g/mol. The second kappa shape index (κ2) is 14.5. The summed E-state index contributed by atoms with van der Waals surface area (Å²) in [6, 6.07) is 21.6. The van der Waals surface area contributed by atoms with Gasteiger partial charge in [-0.25, -0.2) is 8.42 Å². The molecule has 3 aromatic carbocycles. The number of amides is 2. The molecule has 1 N–H and O–H groups in total. The minimum Gasteiger partial charge on any atom is -0.495 e. The summed E-state index contributed by atoms with van der Waals surface area (Å²) >= 11 is 0. The van der Waals surface area contributed by atoms with Crippen molar-refractivity contribution in [3.05, 3.63) is 90.0 Å². The molecule has 3 rings (SSSR count). The highest BCUT2D eigenvalue weighted by Crippen LogP contribution is 2.32. The van der Waals surface area contributed by atoms with Crippen molar-refractivity contribution in [3.63, 3.8) is 0 Å². The molecule has 0 saturated carbocycles. The lowest BCUT2D eigenvalue weighted by atomic mass is 10.1. The Morgan fingerprint density at radius 1 is 0.925 bits per heavy atom. The number of carbonyl (C=O) groups is 2. The van der Waals surface area contributed by atoms with Crippen LogP contribution in [0.15, 0.2) is 83.8 Å². The van der Waals surface area contributed by atoms with Crippen molar-refractivity contribution < 1.29 is 22.7 Å². The SMILES string of the molecule is CCCCNC(=O)[C@@H](CC)N(Cc1ccc(C)cc1)C(=O)CN(c1ccccc1OC)S(=O)(=O)c1ccccc1. The smallest absolute Gasteiger partial charge is 0.264 e. The van der Waals surface area contributed by atoms with Crippen molar-refractivity contribution in [2.45, 2.75) is 57.5 Å². The number of carbonyl (C=O) groups excluding carboxylic acids is 2. The molecule has 0 heterocycles. The van der Waals surface area contributed by atoms with E-state index in [4.69, 9.17) is 4.74 Å². The Labute approximate surface area is 238 Å². The molecule has 0 saturated heterocycles. The van der Waals surface area contributed by atoms with E-state index in [0.717, 1.165) is 28.3 Å². The van der Waals surface area contributed by atoms with Crippen LogP contribution in [-0.2, 0) is 26.2 Å². The average Bonchev–Trinajstić information content (AvgIpc) is 2.97. The third-order valence-electron chi connectivity index (χ3n) is 6.65. The molecular weight excluding hydrogens is 526 g/mol. The van der Waals surface area contributed by atoms with E-state index in [2.05, 4.69) is 5.32 Å². The number of nitrogens with zero attached hydrogens (tertiary/aromatic N) is 2. The Bertz CT molecular complexity index is 1360. The van der Waals surface area contributed by atoms with Crippen LogP contribution in [0.2, 0.25) is 0 Å². The molecular formula is C31H39N3O5S. The molecule has 0 aliphatic rings. The number of methoxy groups -OCH3 is 1. The number of unbranched alkanes of at least 4 members (excludes halogenated alkanes) is 1. The predicted octanol–water partition coefficient (Wildman–Crippen LogP) is 4.92. The van der Waals surface area contributed by atoms with Gasteiger partial charge in [0, 0.05) is 13.1 Å². The number of anilines is 1. The molecule has 0 bridgehead atoms. The number of aryl methyl sites for hydroxylation is 1. The van der Waals surface area contributed by atoms with E-state index >= 15 is 0 Å². The van der Waals surface area contributed by atoms with Crippen LogP contribution in [0, 0.1) is 6.92 Å². The normalized spacial score (nSPS) is 11.9. The molecule has 40 heavy (non-hydrogen) atoms. The van der Waals surface area contributed by atoms with Gasteiger partial charge in [-0.2, -0.15) is 0 Å². The first kappa shape index (κ1) is 30.7. The Hall–Kier alpha value is -3.85. The lowest BCUT2D eigenvalue weighted by Gasteiger charge is -2.33. The lowest BCUT2D eigenvalue weighted by Crippen LogP contribution is -2.52. The minimum absolute atomic E-state index is 0.0446. The van der Waals surface area contributed by atoms with E-state index < -0.39 is 28.5 Å². The number of rotatable bonds is 14. The van der Waals surface area contributed by atoms with Gasteiger partial charge in [-0.05, 0) is 49.6 Å². The van der Waals surface area contributed by atoms with Gasteiger partial charge in [0.25, 0.3) is 10.0 Å². The lowest BCUT2D eigenvalue weighted by molar-refractivity contribution is -0.140. The van der Waals surface area contributed by atoms with Crippen LogP contribution in [0.3, 0.4) is 0 Å². The average molecular weight is 566 g/mol. The third-order valence-corrected chi connectivity index (χ3v) is 8.43. The van der Waals surface area contributed by atoms with E-state index in [0.29, 0.717) is 18.7 Å². The molecule has 1 atom stereocenters. The zero-order valence-corrected chi connectivity index (χ0v) is 24.5. The molecule has 214 valence electrons. The molecule has 0 unspecified atom stereocenters. The molecule has 0 radical (unpaired) electrons. The predicted molar refractivity (Wildman–Crippen MR) is 158 cm³/mol. The van der Waals surface area contributed by atoms with Gasteiger partial charge in [0.05, 0.1) is 17.7 Å². The van der Waals surface area contributed by atoms with Gasteiger partial charge in [0.15, 0.2) is 0 Å². The fraction of sp³-hybridized carbons (Fsp3) is 0.355. The van der Waals surface area contributed by atoms with Gasteiger partial charge < -0.3 is 15.0 Å². The third kappa shape index (κ3) is 7.63. The van der Waals surface area contributed by atoms with Gasteiger partial charge in [0.1, 0.15) is 18.3 Å². The van der Waals surface area contributed by atoms with Crippen molar-refractivity contribution in [3.8, 4) is 5.75 Å². The van der Waals surface area contributed by atoms with Gasteiger partial charge in [0.2, 0.25) is 11.8 Å². The summed E-state index contributed by atoms with van der Waals surface area (Å²) in [7, 11) is -2.71. The topological polar surface area (TPSA) is 96.0 Å². The molecule has 3 aromatic rings.